The van der Waals surface area contributed by atoms with Crippen LogP contribution in [0.4, 0.5) is 14.9 Å². The highest BCUT2D eigenvalue weighted by Gasteiger charge is 2.10. The summed E-state index contributed by atoms with van der Waals surface area (Å²) in [5.74, 6) is -2.71. The number of halogens is 1. The predicted molar refractivity (Wildman–Crippen MR) is 64.2 cm³/mol. The van der Waals surface area contributed by atoms with Crippen molar-refractivity contribution >= 4 is 23.6 Å². The third-order valence-electron chi connectivity index (χ3n) is 2.12. The number of aromatic carboxylic acids is 1. The maximum atomic E-state index is 13.4. The van der Waals surface area contributed by atoms with Crippen LogP contribution < -0.4 is 16.4 Å². The van der Waals surface area contributed by atoms with E-state index in [1.54, 1.807) is 0 Å². The first-order chi connectivity index (χ1) is 8.90. The van der Waals surface area contributed by atoms with Gasteiger partial charge in [-0.1, -0.05) is 0 Å². The lowest BCUT2D eigenvalue weighted by atomic mass is 10.2. The molecule has 5 N–H and O–H groups in total. The zero-order valence-corrected chi connectivity index (χ0v) is 9.77. The van der Waals surface area contributed by atoms with Crippen LogP contribution in [0, 0.1) is 5.82 Å². The Morgan fingerprint density at radius 3 is 2.53 bits per heavy atom. The van der Waals surface area contributed by atoms with Gasteiger partial charge in [0.2, 0.25) is 5.91 Å². The lowest BCUT2D eigenvalue weighted by Crippen LogP contribution is -2.32. The van der Waals surface area contributed by atoms with Crippen LogP contribution >= 0.6 is 0 Å². The number of amides is 3. The molecule has 8 heteroatoms. The number of carbonyl (C=O) groups is 3. The van der Waals surface area contributed by atoms with Crippen molar-refractivity contribution in [3.63, 3.8) is 0 Å². The van der Waals surface area contributed by atoms with E-state index in [0.717, 1.165) is 18.2 Å². The van der Waals surface area contributed by atoms with Gasteiger partial charge in [-0.2, -0.15) is 0 Å². The summed E-state index contributed by atoms with van der Waals surface area (Å²) in [6.45, 7) is 0.0238. The van der Waals surface area contributed by atoms with E-state index in [0.29, 0.717) is 0 Å². The molecule has 0 unspecified atom stereocenters. The molecule has 0 aliphatic carbocycles. The number of hydrogen-bond acceptors (Lipinski definition) is 3. The number of primary amides is 1. The van der Waals surface area contributed by atoms with Gasteiger partial charge in [0.15, 0.2) is 0 Å². The second-order valence-corrected chi connectivity index (χ2v) is 3.60. The smallest absolute Gasteiger partial charge is 0.335 e. The van der Waals surface area contributed by atoms with Crippen molar-refractivity contribution in [2.24, 2.45) is 5.73 Å². The van der Waals surface area contributed by atoms with Crippen molar-refractivity contribution in [2.75, 3.05) is 11.9 Å². The normalized spacial score (nSPS) is 9.74. The van der Waals surface area contributed by atoms with Crippen LogP contribution in [0.1, 0.15) is 16.8 Å². The van der Waals surface area contributed by atoms with Crippen LogP contribution in [0.2, 0.25) is 0 Å². The van der Waals surface area contributed by atoms with E-state index < -0.39 is 23.7 Å². The maximum Gasteiger partial charge on any atom is 0.335 e. The fourth-order valence-corrected chi connectivity index (χ4v) is 1.22. The van der Waals surface area contributed by atoms with Crippen LogP contribution in [0.3, 0.4) is 0 Å². The highest BCUT2D eigenvalue weighted by molar-refractivity contribution is 5.92. The minimum absolute atomic E-state index is 0.0238. The van der Waals surface area contributed by atoms with Gasteiger partial charge in [0.1, 0.15) is 5.82 Å². The average molecular weight is 269 g/mol. The van der Waals surface area contributed by atoms with Crippen molar-refractivity contribution in [1.29, 1.82) is 0 Å². The monoisotopic (exact) mass is 269 g/mol. The molecule has 0 saturated heterocycles. The summed E-state index contributed by atoms with van der Waals surface area (Å²) in [6, 6.07) is 2.36. The van der Waals surface area contributed by atoms with Gasteiger partial charge < -0.3 is 21.5 Å². The molecule has 1 aromatic carbocycles. The molecule has 102 valence electrons. The molecule has 19 heavy (non-hydrogen) atoms. The number of carboxylic acids is 1. The Kier molecular flexibility index (Phi) is 4.81. The Labute approximate surface area is 107 Å². The second kappa shape index (κ2) is 6.34. The third-order valence-corrected chi connectivity index (χ3v) is 2.12. The molecule has 7 nitrogen and oxygen atoms in total. The van der Waals surface area contributed by atoms with Gasteiger partial charge in [0.25, 0.3) is 0 Å². The molecule has 0 aliphatic heterocycles. The third kappa shape index (κ3) is 4.62. The Balaban J connectivity index is 2.59. The van der Waals surface area contributed by atoms with E-state index in [1.165, 1.54) is 0 Å². The quantitative estimate of drug-likeness (QED) is 0.622. The van der Waals surface area contributed by atoms with Crippen LogP contribution in [-0.2, 0) is 4.79 Å². The molecular formula is C11H12FN3O4. The van der Waals surface area contributed by atoms with Crippen molar-refractivity contribution in [3.05, 3.63) is 29.6 Å². The summed E-state index contributed by atoms with van der Waals surface area (Å²) in [5, 5.41) is 13.1. The second-order valence-electron chi connectivity index (χ2n) is 3.60. The number of anilines is 1. The minimum Gasteiger partial charge on any atom is -0.478 e. The van der Waals surface area contributed by atoms with Crippen molar-refractivity contribution in [1.82, 2.24) is 5.32 Å². The number of carboxylic acid groups (broad SMARTS) is 1. The van der Waals surface area contributed by atoms with E-state index >= 15 is 0 Å². The zero-order chi connectivity index (χ0) is 14.4. The molecule has 0 bridgehead atoms. The van der Waals surface area contributed by atoms with Crippen LogP contribution in [0.25, 0.3) is 0 Å². The Hall–Kier alpha value is -2.64. The van der Waals surface area contributed by atoms with Gasteiger partial charge in [0.05, 0.1) is 11.3 Å². The highest BCUT2D eigenvalue weighted by atomic mass is 19.1. The van der Waals surface area contributed by atoms with E-state index in [2.05, 4.69) is 10.6 Å². The summed E-state index contributed by atoms with van der Waals surface area (Å²) in [4.78, 5) is 32.3. The molecule has 1 rings (SSSR count). The number of nitrogens with one attached hydrogen (secondary N) is 2. The Morgan fingerprint density at radius 1 is 1.32 bits per heavy atom. The molecule has 0 atom stereocenters. The first-order valence-corrected chi connectivity index (χ1v) is 5.26. The van der Waals surface area contributed by atoms with Crippen molar-refractivity contribution < 1.29 is 23.9 Å². The van der Waals surface area contributed by atoms with Crippen LogP contribution in [-0.4, -0.2) is 29.6 Å². The summed E-state index contributed by atoms with van der Waals surface area (Å²) >= 11 is 0. The van der Waals surface area contributed by atoms with Crippen LogP contribution in [0.5, 0.6) is 0 Å². The molecule has 0 aliphatic rings. The standard InChI is InChI=1S/C11H12FN3O4/c12-7-5-6(10(17)18)1-2-8(7)15-11(19)14-4-3-9(13)16/h1-2,5H,3-4H2,(H2,13,16)(H,17,18)(H2,14,15,19). The van der Waals surface area contributed by atoms with E-state index in [-0.39, 0.29) is 24.2 Å². The van der Waals surface area contributed by atoms with E-state index in [9.17, 15) is 18.8 Å². The van der Waals surface area contributed by atoms with Gasteiger partial charge in [-0.05, 0) is 18.2 Å². The number of rotatable bonds is 5. The molecule has 0 spiro atoms. The molecular weight excluding hydrogens is 257 g/mol. The number of urea groups is 1. The maximum absolute atomic E-state index is 13.4. The van der Waals surface area contributed by atoms with Crippen LogP contribution in [0.15, 0.2) is 18.2 Å². The lowest BCUT2D eigenvalue weighted by molar-refractivity contribution is -0.117. The number of carbonyl (C=O) groups excluding carboxylic acids is 2. The minimum atomic E-state index is -1.27. The van der Waals surface area contributed by atoms with Gasteiger partial charge in [-0.25, -0.2) is 14.0 Å². The molecule has 1 aromatic rings. The van der Waals surface area contributed by atoms with Crippen molar-refractivity contribution in [2.45, 2.75) is 6.42 Å². The first-order valence-electron chi connectivity index (χ1n) is 5.26. The fraction of sp³-hybridized carbons (Fsp3) is 0.182. The number of benzene rings is 1. The molecule has 0 heterocycles. The molecule has 0 aromatic heterocycles. The van der Waals surface area contributed by atoms with Gasteiger partial charge in [0, 0.05) is 13.0 Å². The van der Waals surface area contributed by atoms with Gasteiger partial charge in [-0.15, -0.1) is 0 Å². The van der Waals surface area contributed by atoms with Gasteiger partial charge >= 0.3 is 12.0 Å². The fourth-order valence-electron chi connectivity index (χ4n) is 1.22. The molecule has 0 saturated carbocycles. The first kappa shape index (κ1) is 14.4. The summed E-state index contributed by atoms with van der Waals surface area (Å²) in [7, 11) is 0. The topological polar surface area (TPSA) is 122 Å². The van der Waals surface area contributed by atoms with E-state index in [1.807, 2.05) is 0 Å². The van der Waals surface area contributed by atoms with Crippen molar-refractivity contribution in [3.8, 4) is 0 Å². The zero-order valence-electron chi connectivity index (χ0n) is 9.77. The van der Waals surface area contributed by atoms with E-state index in [4.69, 9.17) is 10.8 Å². The number of nitrogens with two attached hydrogens (primary N) is 1. The summed E-state index contributed by atoms with van der Waals surface area (Å²) < 4.78 is 13.4. The number of hydrogen-bond donors (Lipinski definition) is 4. The molecule has 3 amide bonds. The highest BCUT2D eigenvalue weighted by Crippen LogP contribution is 2.15. The SMILES string of the molecule is NC(=O)CCNC(=O)Nc1ccc(C(=O)O)cc1F. The molecule has 0 fully saturated rings. The predicted octanol–water partition coefficient (Wildman–Crippen LogP) is 0.521. The Morgan fingerprint density at radius 2 is 2.00 bits per heavy atom. The lowest BCUT2D eigenvalue weighted by Gasteiger charge is -2.08. The largest absolute Gasteiger partial charge is 0.478 e. The molecule has 0 radical (unpaired) electrons. The summed E-state index contributed by atoms with van der Waals surface area (Å²) in [5.41, 5.74) is 4.48. The van der Waals surface area contributed by atoms with Gasteiger partial charge in [-0.3, -0.25) is 4.79 Å². The average Bonchev–Trinajstić information content (AvgIpc) is 2.31. The summed E-state index contributed by atoms with van der Waals surface area (Å²) in [6.07, 6.45) is -0.0339. The Bertz CT molecular complexity index is 519.